The summed E-state index contributed by atoms with van der Waals surface area (Å²) in [6, 6.07) is 6.84. The highest BCUT2D eigenvalue weighted by atomic mass is 32.2. The van der Waals surface area contributed by atoms with Crippen LogP contribution in [0.2, 0.25) is 0 Å². The first-order valence-corrected chi connectivity index (χ1v) is 13.6. The summed E-state index contributed by atoms with van der Waals surface area (Å²) in [5.41, 5.74) is 1.03. The fourth-order valence-electron chi connectivity index (χ4n) is 4.10. The van der Waals surface area contributed by atoms with Gasteiger partial charge < -0.3 is 15.4 Å². The van der Waals surface area contributed by atoms with Gasteiger partial charge in [-0.25, -0.2) is 13.2 Å². The Hall–Kier alpha value is -2.13. The molecule has 1 unspecified atom stereocenters. The molecule has 0 aliphatic carbocycles. The zero-order chi connectivity index (χ0) is 25.5. The first-order chi connectivity index (χ1) is 15.8. The van der Waals surface area contributed by atoms with Crippen molar-refractivity contribution in [3.05, 3.63) is 29.8 Å². The quantitative estimate of drug-likeness (QED) is 0.544. The highest BCUT2D eigenvalue weighted by Gasteiger charge is 2.32. The molecule has 1 aliphatic heterocycles. The number of ether oxygens (including phenoxy) is 1. The molecular weight excluding hydrogens is 454 g/mol. The molecule has 1 heterocycles. The molecule has 2 N–H and O–H groups in total. The van der Waals surface area contributed by atoms with Gasteiger partial charge in [0.25, 0.3) is 0 Å². The summed E-state index contributed by atoms with van der Waals surface area (Å²) >= 11 is 0. The minimum Gasteiger partial charge on any atom is -0.450 e. The standard InChI is InChI=1S/C25H41N3O5S/c1-7-33-24(30)27-21(16-18(2)3)17-26-23(29)19-12-14-28(15-13-19)34(31,32)22-10-8-20(9-11-22)25(4,5)6/h8-11,18-19,21H,7,12-17H2,1-6H3,(H,26,29)(H,27,30). The lowest BCUT2D eigenvalue weighted by atomic mass is 9.87. The lowest BCUT2D eigenvalue weighted by molar-refractivity contribution is -0.126. The van der Waals surface area contributed by atoms with E-state index in [9.17, 15) is 18.0 Å². The van der Waals surface area contributed by atoms with Crippen LogP contribution in [0.4, 0.5) is 4.79 Å². The fraction of sp³-hybridized carbons (Fsp3) is 0.680. The third kappa shape index (κ3) is 7.98. The number of carbonyl (C=O) groups excluding carboxylic acids is 2. The smallest absolute Gasteiger partial charge is 0.407 e. The Morgan fingerprint density at radius 2 is 1.71 bits per heavy atom. The second kappa shape index (κ2) is 12.0. The van der Waals surface area contributed by atoms with Crippen molar-refractivity contribution in [2.75, 3.05) is 26.2 Å². The second-order valence-corrected chi connectivity index (χ2v) is 12.3. The van der Waals surface area contributed by atoms with Gasteiger partial charge in [-0.2, -0.15) is 4.31 Å². The first-order valence-electron chi connectivity index (χ1n) is 12.2. The third-order valence-corrected chi connectivity index (χ3v) is 7.97. The number of nitrogens with zero attached hydrogens (tertiary/aromatic N) is 1. The second-order valence-electron chi connectivity index (χ2n) is 10.4. The van der Waals surface area contributed by atoms with Gasteiger partial charge >= 0.3 is 6.09 Å². The van der Waals surface area contributed by atoms with Crippen molar-refractivity contribution in [1.29, 1.82) is 0 Å². The lowest BCUT2D eigenvalue weighted by Crippen LogP contribution is -2.47. The maximum atomic E-state index is 13.1. The van der Waals surface area contributed by atoms with E-state index < -0.39 is 16.1 Å². The number of hydrogen-bond donors (Lipinski definition) is 2. The van der Waals surface area contributed by atoms with E-state index in [-0.39, 0.29) is 34.8 Å². The molecule has 0 radical (unpaired) electrons. The summed E-state index contributed by atoms with van der Waals surface area (Å²) in [5.74, 6) is -0.0160. The van der Waals surface area contributed by atoms with Crippen molar-refractivity contribution in [2.24, 2.45) is 11.8 Å². The van der Waals surface area contributed by atoms with E-state index in [0.717, 1.165) is 5.56 Å². The number of alkyl carbamates (subject to hydrolysis) is 1. The van der Waals surface area contributed by atoms with Crippen molar-refractivity contribution >= 4 is 22.0 Å². The minimum absolute atomic E-state index is 0.0476. The van der Waals surface area contributed by atoms with E-state index in [1.807, 2.05) is 12.1 Å². The summed E-state index contributed by atoms with van der Waals surface area (Å²) in [4.78, 5) is 24.8. The Bertz CT molecular complexity index is 915. The SMILES string of the molecule is CCOC(=O)NC(CNC(=O)C1CCN(S(=O)(=O)c2ccc(C(C)(C)C)cc2)CC1)CC(C)C. The van der Waals surface area contributed by atoms with Crippen LogP contribution in [0.5, 0.6) is 0 Å². The highest BCUT2D eigenvalue weighted by molar-refractivity contribution is 7.89. The number of benzene rings is 1. The number of carbonyl (C=O) groups is 2. The van der Waals surface area contributed by atoms with E-state index >= 15 is 0 Å². The maximum Gasteiger partial charge on any atom is 0.407 e. The van der Waals surface area contributed by atoms with Crippen molar-refractivity contribution in [2.45, 2.75) is 77.2 Å². The maximum absolute atomic E-state index is 13.1. The number of nitrogens with one attached hydrogen (secondary N) is 2. The zero-order valence-corrected chi connectivity index (χ0v) is 22.2. The van der Waals surface area contributed by atoms with Gasteiger partial charge in [0.2, 0.25) is 15.9 Å². The van der Waals surface area contributed by atoms with Crippen LogP contribution in [0.1, 0.15) is 66.4 Å². The number of hydrogen-bond acceptors (Lipinski definition) is 5. The van der Waals surface area contributed by atoms with Gasteiger partial charge in [0.15, 0.2) is 0 Å². The summed E-state index contributed by atoms with van der Waals surface area (Å²) in [6.45, 7) is 13.3. The Balaban J connectivity index is 1.91. The molecule has 2 rings (SSSR count). The molecule has 9 heteroatoms. The molecule has 192 valence electrons. The van der Waals surface area contributed by atoms with Crippen LogP contribution in [-0.2, 0) is 25.0 Å². The van der Waals surface area contributed by atoms with Gasteiger partial charge in [-0.3, -0.25) is 4.79 Å². The summed E-state index contributed by atoms with van der Waals surface area (Å²) in [7, 11) is -3.59. The molecule has 1 aliphatic rings. The molecule has 0 bridgehead atoms. The molecule has 0 saturated carbocycles. The number of amides is 2. The molecule has 8 nitrogen and oxygen atoms in total. The van der Waals surface area contributed by atoms with Crippen LogP contribution >= 0.6 is 0 Å². The predicted octanol–water partition coefficient (Wildman–Crippen LogP) is 3.66. The molecule has 0 spiro atoms. The number of piperidine rings is 1. The van der Waals surface area contributed by atoms with E-state index in [4.69, 9.17) is 4.74 Å². The average molecular weight is 496 g/mol. The largest absolute Gasteiger partial charge is 0.450 e. The summed E-state index contributed by atoms with van der Waals surface area (Å²) in [5, 5.41) is 5.74. The molecule has 2 amide bonds. The van der Waals surface area contributed by atoms with Crippen molar-refractivity contribution in [3.63, 3.8) is 0 Å². The van der Waals surface area contributed by atoms with Gasteiger partial charge in [-0.05, 0) is 55.2 Å². The van der Waals surface area contributed by atoms with E-state index in [1.165, 1.54) is 4.31 Å². The van der Waals surface area contributed by atoms with Crippen LogP contribution in [0, 0.1) is 11.8 Å². The minimum atomic E-state index is -3.59. The molecule has 1 atom stereocenters. The van der Waals surface area contributed by atoms with Crippen molar-refractivity contribution < 1.29 is 22.7 Å². The third-order valence-electron chi connectivity index (χ3n) is 6.06. The van der Waals surface area contributed by atoms with Gasteiger partial charge in [0, 0.05) is 31.6 Å². The van der Waals surface area contributed by atoms with Gasteiger partial charge in [0.1, 0.15) is 0 Å². The van der Waals surface area contributed by atoms with Crippen LogP contribution in [0.25, 0.3) is 0 Å². The Labute approximate surface area is 204 Å². The molecule has 0 aromatic heterocycles. The molecule has 1 saturated heterocycles. The normalized spacial score (nSPS) is 16.8. The molecule has 1 aromatic rings. The van der Waals surface area contributed by atoms with E-state index in [0.29, 0.717) is 44.8 Å². The zero-order valence-electron chi connectivity index (χ0n) is 21.4. The summed E-state index contributed by atoms with van der Waals surface area (Å²) in [6.07, 6.45) is 1.15. The van der Waals surface area contributed by atoms with Crippen molar-refractivity contribution in [3.8, 4) is 0 Å². The van der Waals surface area contributed by atoms with E-state index in [2.05, 4.69) is 45.3 Å². The lowest BCUT2D eigenvalue weighted by Gasteiger charge is -2.31. The molecule has 1 fully saturated rings. The average Bonchev–Trinajstić information content (AvgIpc) is 2.76. The van der Waals surface area contributed by atoms with Gasteiger partial charge in [-0.1, -0.05) is 46.8 Å². The monoisotopic (exact) mass is 495 g/mol. The van der Waals surface area contributed by atoms with Crippen molar-refractivity contribution in [1.82, 2.24) is 14.9 Å². The Kier molecular flexibility index (Phi) is 9.94. The fourth-order valence-corrected chi connectivity index (χ4v) is 5.57. The van der Waals surface area contributed by atoms with Crippen LogP contribution < -0.4 is 10.6 Å². The highest BCUT2D eigenvalue weighted by Crippen LogP contribution is 2.27. The van der Waals surface area contributed by atoms with E-state index in [1.54, 1.807) is 19.1 Å². The van der Waals surface area contributed by atoms with Gasteiger partial charge in [-0.15, -0.1) is 0 Å². The topological polar surface area (TPSA) is 105 Å². The Morgan fingerprint density at radius 1 is 1.12 bits per heavy atom. The molecular formula is C25H41N3O5S. The van der Waals surface area contributed by atoms with Crippen LogP contribution in [-0.4, -0.2) is 57.0 Å². The number of rotatable bonds is 9. The predicted molar refractivity (Wildman–Crippen MR) is 133 cm³/mol. The van der Waals surface area contributed by atoms with Gasteiger partial charge in [0.05, 0.1) is 11.5 Å². The first kappa shape index (κ1) is 28.1. The molecule has 1 aromatic carbocycles. The van der Waals surface area contributed by atoms with Crippen LogP contribution in [0.15, 0.2) is 29.2 Å². The Morgan fingerprint density at radius 3 is 2.21 bits per heavy atom. The van der Waals surface area contributed by atoms with Crippen LogP contribution in [0.3, 0.4) is 0 Å². The summed E-state index contributed by atoms with van der Waals surface area (Å²) < 4.78 is 32.6. The number of sulfonamides is 1. The molecule has 34 heavy (non-hydrogen) atoms.